The van der Waals surface area contributed by atoms with Crippen molar-refractivity contribution in [1.82, 2.24) is 9.91 Å². The van der Waals surface area contributed by atoms with Gasteiger partial charge < -0.3 is 9.84 Å². The minimum Gasteiger partial charge on any atom is -0.508 e. The van der Waals surface area contributed by atoms with Gasteiger partial charge in [0.25, 0.3) is 11.8 Å². The number of allylic oxidation sites excluding steroid dienone is 2. The largest absolute Gasteiger partial charge is 0.508 e. The third-order valence-corrected chi connectivity index (χ3v) is 10.6. The summed E-state index contributed by atoms with van der Waals surface area (Å²) in [5.41, 5.74) is 3.10. The number of fused-ring (bicyclic) bond motifs is 4. The van der Waals surface area contributed by atoms with Gasteiger partial charge in [0.05, 0.1) is 36.0 Å². The van der Waals surface area contributed by atoms with Gasteiger partial charge in [-0.1, -0.05) is 48.4 Å². The highest BCUT2D eigenvalue weighted by molar-refractivity contribution is 6.30. The van der Waals surface area contributed by atoms with E-state index in [1.165, 1.54) is 42.3 Å². The van der Waals surface area contributed by atoms with Crippen LogP contribution in [-0.4, -0.2) is 52.3 Å². The molecule has 47 heavy (non-hydrogen) atoms. The van der Waals surface area contributed by atoms with Crippen LogP contribution in [0, 0.1) is 29.5 Å². The number of carbonyl (C=O) groups excluding carboxylic acids is 4. The molecular weight excluding hydrogens is 625 g/mol. The Labute approximate surface area is 275 Å². The lowest BCUT2D eigenvalue weighted by Gasteiger charge is -2.50. The monoisotopic (exact) mass is 657 g/mol. The van der Waals surface area contributed by atoms with Gasteiger partial charge in [-0.3, -0.25) is 29.5 Å². The standard InChI is InChI=1S/C36H33ClFN3O6/c1-3-17-40-32(43)24-16-15-23-25(29(24)34(40)45)18-26-33(44)41(39-22-13-11-21(38)12-14-22)35(46)36(26,19-7-9-20(37)10-8-19)31(23)30-27(42)5-4-6-28(30)47-2/h4-15,24-26,29,31,39,42H,3,16-18H2,1-2H3/t24-,25+,26-,29-,31+,36+/m0/s1. The van der Waals surface area contributed by atoms with Gasteiger partial charge in [0, 0.05) is 23.0 Å². The Hall–Kier alpha value is -4.70. The molecule has 2 N–H and O–H groups in total. The van der Waals surface area contributed by atoms with Crippen molar-refractivity contribution in [1.29, 1.82) is 0 Å². The maximum Gasteiger partial charge on any atom is 0.260 e. The van der Waals surface area contributed by atoms with Gasteiger partial charge >= 0.3 is 0 Å². The quantitative estimate of drug-likeness (QED) is 0.251. The molecule has 3 fully saturated rings. The van der Waals surface area contributed by atoms with Crippen LogP contribution in [0.5, 0.6) is 11.5 Å². The molecule has 2 saturated heterocycles. The fourth-order valence-electron chi connectivity index (χ4n) is 8.48. The number of hydrazine groups is 1. The molecule has 0 radical (unpaired) electrons. The number of benzene rings is 3. The van der Waals surface area contributed by atoms with Gasteiger partial charge in [-0.2, -0.15) is 5.01 Å². The second kappa shape index (κ2) is 11.5. The molecule has 242 valence electrons. The van der Waals surface area contributed by atoms with E-state index in [0.717, 1.165) is 5.01 Å². The van der Waals surface area contributed by atoms with Crippen molar-refractivity contribution in [3.05, 3.63) is 100 Å². The van der Waals surface area contributed by atoms with E-state index in [4.69, 9.17) is 16.3 Å². The fraction of sp³-hybridized carbons (Fsp3) is 0.333. The van der Waals surface area contributed by atoms with Crippen molar-refractivity contribution >= 4 is 40.9 Å². The number of hydrogen-bond acceptors (Lipinski definition) is 7. The number of amides is 4. The van der Waals surface area contributed by atoms with Crippen LogP contribution >= 0.6 is 11.6 Å². The molecule has 0 bridgehead atoms. The molecule has 11 heteroatoms. The summed E-state index contributed by atoms with van der Waals surface area (Å²) in [5, 5.41) is 12.9. The minimum absolute atomic E-state index is 0.104. The Bertz CT molecular complexity index is 1830. The van der Waals surface area contributed by atoms with E-state index >= 15 is 4.79 Å². The van der Waals surface area contributed by atoms with E-state index in [9.17, 15) is 23.9 Å². The predicted octanol–water partition coefficient (Wildman–Crippen LogP) is 5.59. The van der Waals surface area contributed by atoms with Crippen molar-refractivity contribution in [2.45, 2.75) is 37.5 Å². The lowest BCUT2D eigenvalue weighted by atomic mass is 9.49. The second-order valence-electron chi connectivity index (χ2n) is 12.6. The maximum atomic E-state index is 15.1. The molecule has 6 atom stereocenters. The molecule has 3 aromatic rings. The Kier molecular flexibility index (Phi) is 7.58. The third-order valence-electron chi connectivity index (χ3n) is 10.3. The Morgan fingerprint density at radius 1 is 0.979 bits per heavy atom. The number of methoxy groups -OCH3 is 1. The first-order valence-corrected chi connectivity index (χ1v) is 16.1. The number of phenols is 1. The Morgan fingerprint density at radius 3 is 2.38 bits per heavy atom. The van der Waals surface area contributed by atoms with Gasteiger partial charge in [0.2, 0.25) is 11.8 Å². The topological polar surface area (TPSA) is 116 Å². The van der Waals surface area contributed by atoms with Crippen molar-refractivity contribution in [2.75, 3.05) is 19.1 Å². The summed E-state index contributed by atoms with van der Waals surface area (Å²) >= 11 is 6.32. The van der Waals surface area contributed by atoms with Crippen molar-refractivity contribution in [2.24, 2.45) is 23.7 Å². The Morgan fingerprint density at radius 2 is 1.70 bits per heavy atom. The van der Waals surface area contributed by atoms with E-state index in [2.05, 4.69) is 5.43 Å². The average molecular weight is 658 g/mol. The number of rotatable bonds is 7. The number of likely N-dealkylation sites (tertiary alicyclic amines) is 1. The SMILES string of the molecule is CCCN1C(=O)[C@H]2[C@H](CC=C3[C@H]2C[C@H]2C(=O)N(Nc4ccc(F)cc4)C(=O)[C@@]2(c2ccc(Cl)cc2)[C@H]3c2c(O)cccc2OC)C1=O. The summed E-state index contributed by atoms with van der Waals surface area (Å²) in [6.45, 7) is 2.20. The zero-order valence-electron chi connectivity index (χ0n) is 25.8. The lowest BCUT2D eigenvalue weighted by Crippen LogP contribution is -2.53. The highest BCUT2D eigenvalue weighted by atomic mass is 35.5. The van der Waals surface area contributed by atoms with Crippen molar-refractivity contribution in [3.63, 3.8) is 0 Å². The molecule has 4 aliphatic rings. The molecule has 7 rings (SSSR count). The van der Waals surface area contributed by atoms with Crippen LogP contribution in [0.2, 0.25) is 5.02 Å². The van der Waals surface area contributed by atoms with E-state index < -0.39 is 52.6 Å². The molecule has 2 aliphatic heterocycles. The number of anilines is 1. The number of carbonyl (C=O) groups is 4. The van der Waals surface area contributed by atoms with Crippen LogP contribution < -0.4 is 10.2 Å². The smallest absolute Gasteiger partial charge is 0.260 e. The summed E-state index contributed by atoms with van der Waals surface area (Å²) < 4.78 is 19.6. The minimum atomic E-state index is -1.62. The zero-order valence-corrected chi connectivity index (χ0v) is 26.5. The summed E-state index contributed by atoms with van der Waals surface area (Å²) in [7, 11) is 1.46. The first-order valence-electron chi connectivity index (χ1n) is 15.7. The Balaban J connectivity index is 1.49. The first-order chi connectivity index (χ1) is 22.6. The molecule has 0 aromatic heterocycles. The van der Waals surface area contributed by atoms with Crippen LogP contribution in [-0.2, 0) is 24.6 Å². The molecule has 3 aromatic carbocycles. The average Bonchev–Trinajstić information content (AvgIpc) is 3.43. The molecule has 0 unspecified atom stereocenters. The van der Waals surface area contributed by atoms with Gasteiger partial charge in [0.15, 0.2) is 0 Å². The third kappa shape index (κ3) is 4.48. The zero-order chi connectivity index (χ0) is 33.2. The van der Waals surface area contributed by atoms with Crippen LogP contribution in [0.3, 0.4) is 0 Å². The van der Waals surface area contributed by atoms with Gasteiger partial charge in [-0.25, -0.2) is 4.39 Å². The summed E-state index contributed by atoms with van der Waals surface area (Å²) in [6.07, 6.45) is 2.91. The highest BCUT2D eigenvalue weighted by Gasteiger charge is 2.71. The number of ether oxygens (including phenoxy) is 1. The van der Waals surface area contributed by atoms with E-state index in [-0.39, 0.29) is 30.4 Å². The van der Waals surface area contributed by atoms with Crippen molar-refractivity contribution < 1.29 is 33.4 Å². The number of halogens is 2. The van der Waals surface area contributed by atoms with E-state index in [1.807, 2.05) is 13.0 Å². The molecule has 9 nitrogen and oxygen atoms in total. The number of nitrogens with one attached hydrogen (secondary N) is 1. The molecule has 4 amide bonds. The number of aromatic hydroxyl groups is 1. The lowest BCUT2D eigenvalue weighted by molar-refractivity contribution is -0.141. The van der Waals surface area contributed by atoms with Crippen LogP contribution in [0.25, 0.3) is 0 Å². The number of imide groups is 2. The number of nitrogens with zero attached hydrogens (tertiary/aromatic N) is 2. The van der Waals surface area contributed by atoms with E-state index in [1.54, 1.807) is 36.4 Å². The van der Waals surface area contributed by atoms with Gasteiger partial charge in [-0.15, -0.1) is 0 Å². The van der Waals surface area contributed by atoms with Gasteiger partial charge in [0.1, 0.15) is 17.3 Å². The predicted molar refractivity (Wildman–Crippen MR) is 171 cm³/mol. The summed E-state index contributed by atoms with van der Waals surface area (Å²) in [4.78, 5) is 58.6. The number of phenolic OH excluding ortho intramolecular Hbond substituents is 1. The van der Waals surface area contributed by atoms with E-state index in [0.29, 0.717) is 46.1 Å². The van der Waals surface area contributed by atoms with Crippen LogP contribution in [0.1, 0.15) is 43.2 Å². The molecule has 2 heterocycles. The fourth-order valence-corrected chi connectivity index (χ4v) is 8.60. The summed E-state index contributed by atoms with van der Waals surface area (Å²) in [5.74, 6) is -5.83. The maximum absolute atomic E-state index is 15.1. The normalized spacial score (nSPS) is 28.2. The summed E-state index contributed by atoms with van der Waals surface area (Å²) in [6, 6.07) is 16.8. The molecule has 0 spiro atoms. The first kappa shape index (κ1) is 30.9. The molecular formula is C36H33ClFN3O6. The van der Waals surface area contributed by atoms with Crippen LogP contribution in [0.15, 0.2) is 78.4 Å². The second-order valence-corrected chi connectivity index (χ2v) is 13.0. The molecule has 1 saturated carbocycles. The molecule has 2 aliphatic carbocycles. The van der Waals surface area contributed by atoms with Crippen molar-refractivity contribution in [3.8, 4) is 11.5 Å². The highest BCUT2D eigenvalue weighted by Crippen LogP contribution is 2.65. The number of hydrogen-bond donors (Lipinski definition) is 2. The van der Waals surface area contributed by atoms with Gasteiger partial charge in [-0.05, 0) is 79.3 Å². The van der Waals surface area contributed by atoms with Crippen LogP contribution in [0.4, 0.5) is 10.1 Å².